The van der Waals surface area contributed by atoms with Gasteiger partial charge in [-0.1, -0.05) is 6.92 Å². The van der Waals surface area contributed by atoms with E-state index in [0.29, 0.717) is 0 Å². The zero-order valence-corrected chi connectivity index (χ0v) is 7.87. The number of Topliss-reactive ketones (excluding diaryl/α,β-unsaturated/α-hetero) is 1. The Bertz CT molecular complexity index is 183. The van der Waals surface area contributed by atoms with E-state index < -0.39 is 36.8 Å². The molecule has 0 heterocycles. The van der Waals surface area contributed by atoms with Crippen LogP contribution in [-0.2, 0) is 4.79 Å². The first-order valence-electron chi connectivity index (χ1n) is 4.31. The lowest BCUT2D eigenvalue weighted by atomic mass is 9.99. The Hall–Kier alpha value is -0.530. The number of ketones is 1. The van der Waals surface area contributed by atoms with E-state index in [1.54, 1.807) is 0 Å². The summed E-state index contributed by atoms with van der Waals surface area (Å²) in [5.41, 5.74) is 0. The number of hydrogen-bond acceptors (Lipinski definition) is 6. The number of carbonyl (C=O) groups excluding carboxylic acids is 1. The van der Waals surface area contributed by atoms with E-state index in [1.165, 1.54) is 6.92 Å². The van der Waals surface area contributed by atoms with Crippen molar-refractivity contribution in [3.63, 3.8) is 0 Å². The van der Waals surface area contributed by atoms with E-state index in [0.717, 1.165) is 0 Å². The second-order valence-corrected chi connectivity index (χ2v) is 3.00. The topological polar surface area (TPSA) is 118 Å². The van der Waals surface area contributed by atoms with Crippen LogP contribution in [-0.4, -0.2) is 62.3 Å². The van der Waals surface area contributed by atoms with Crippen molar-refractivity contribution < 1.29 is 30.3 Å². The molecule has 0 bridgehead atoms. The third-order valence-corrected chi connectivity index (χ3v) is 1.93. The van der Waals surface area contributed by atoms with Gasteiger partial charge in [-0.05, 0) is 0 Å². The fourth-order valence-electron chi connectivity index (χ4n) is 0.922. The molecule has 0 saturated heterocycles. The first-order valence-corrected chi connectivity index (χ1v) is 4.31. The van der Waals surface area contributed by atoms with Gasteiger partial charge in [0.25, 0.3) is 0 Å². The number of rotatable bonds is 6. The van der Waals surface area contributed by atoms with Crippen molar-refractivity contribution in [2.45, 2.75) is 37.8 Å². The van der Waals surface area contributed by atoms with Crippen LogP contribution < -0.4 is 0 Å². The fourth-order valence-corrected chi connectivity index (χ4v) is 0.922. The van der Waals surface area contributed by atoms with Gasteiger partial charge < -0.3 is 25.5 Å². The standard InChI is InChI=1S/C8H16O6/c1-2-4(10)6(12)8(14)7(13)5(11)3-9/h5-9,11-14H,2-3H2,1H3/t5-,6+,7+,8+/m1/s1. The van der Waals surface area contributed by atoms with Gasteiger partial charge in [0.2, 0.25) is 0 Å². The Morgan fingerprint density at radius 3 is 2.00 bits per heavy atom. The molecule has 0 radical (unpaired) electrons. The van der Waals surface area contributed by atoms with Gasteiger partial charge in [-0.15, -0.1) is 0 Å². The molecule has 0 fully saturated rings. The summed E-state index contributed by atoms with van der Waals surface area (Å²) in [6, 6.07) is 0. The molecule has 0 rings (SSSR count). The summed E-state index contributed by atoms with van der Waals surface area (Å²) in [5.74, 6) is -0.637. The van der Waals surface area contributed by atoms with E-state index in [2.05, 4.69) is 0 Å². The summed E-state index contributed by atoms with van der Waals surface area (Å²) in [6.45, 7) is 0.735. The zero-order chi connectivity index (χ0) is 11.3. The molecule has 0 aliphatic heterocycles. The third-order valence-electron chi connectivity index (χ3n) is 1.93. The normalized spacial score (nSPS) is 19.9. The summed E-state index contributed by atoms with van der Waals surface area (Å²) in [4.78, 5) is 10.9. The molecule has 0 aliphatic rings. The highest BCUT2D eigenvalue weighted by Gasteiger charge is 2.32. The molecule has 84 valence electrons. The molecule has 0 aromatic rings. The Morgan fingerprint density at radius 2 is 1.64 bits per heavy atom. The van der Waals surface area contributed by atoms with Crippen molar-refractivity contribution in [3.05, 3.63) is 0 Å². The van der Waals surface area contributed by atoms with Gasteiger partial charge in [0, 0.05) is 6.42 Å². The molecule has 0 saturated carbocycles. The molecule has 4 atom stereocenters. The van der Waals surface area contributed by atoms with Crippen molar-refractivity contribution >= 4 is 5.78 Å². The molecule has 6 nitrogen and oxygen atoms in total. The van der Waals surface area contributed by atoms with Gasteiger partial charge in [-0.3, -0.25) is 4.79 Å². The summed E-state index contributed by atoms with van der Waals surface area (Å²) in [5, 5.41) is 44.8. The minimum Gasteiger partial charge on any atom is -0.394 e. The quantitative estimate of drug-likeness (QED) is 0.327. The Labute approximate surface area is 81.4 Å². The maximum atomic E-state index is 10.9. The van der Waals surface area contributed by atoms with Crippen LogP contribution in [0.5, 0.6) is 0 Å². The molecule has 0 aromatic carbocycles. The molecular formula is C8H16O6. The van der Waals surface area contributed by atoms with Crippen molar-refractivity contribution in [2.24, 2.45) is 0 Å². The Kier molecular flexibility index (Phi) is 5.82. The highest BCUT2D eigenvalue weighted by Crippen LogP contribution is 2.07. The molecule has 5 N–H and O–H groups in total. The van der Waals surface area contributed by atoms with E-state index in [9.17, 15) is 9.90 Å². The van der Waals surface area contributed by atoms with Crippen molar-refractivity contribution in [2.75, 3.05) is 6.61 Å². The number of aliphatic hydroxyl groups is 5. The molecule has 0 unspecified atom stereocenters. The molecule has 14 heavy (non-hydrogen) atoms. The predicted molar refractivity (Wildman–Crippen MR) is 46.4 cm³/mol. The van der Waals surface area contributed by atoms with Crippen molar-refractivity contribution in [1.29, 1.82) is 0 Å². The second kappa shape index (κ2) is 6.05. The van der Waals surface area contributed by atoms with Gasteiger partial charge in [0.05, 0.1) is 6.61 Å². The van der Waals surface area contributed by atoms with Crippen LogP contribution in [0.4, 0.5) is 0 Å². The molecule has 6 heteroatoms. The first kappa shape index (κ1) is 13.5. The number of aliphatic hydroxyl groups excluding tert-OH is 5. The van der Waals surface area contributed by atoms with Crippen LogP contribution in [0.25, 0.3) is 0 Å². The predicted octanol–water partition coefficient (Wildman–Crippen LogP) is -2.60. The highest BCUT2D eigenvalue weighted by molar-refractivity contribution is 5.83. The summed E-state index contributed by atoms with van der Waals surface area (Å²) in [7, 11) is 0. The van der Waals surface area contributed by atoms with Gasteiger partial charge >= 0.3 is 0 Å². The molecule has 0 amide bonds. The largest absolute Gasteiger partial charge is 0.394 e. The minimum absolute atomic E-state index is 0.0141. The maximum absolute atomic E-state index is 10.9. The third kappa shape index (κ3) is 3.32. The summed E-state index contributed by atoms with van der Waals surface area (Å²) in [6.07, 6.45) is -6.84. The number of hydrogen-bond donors (Lipinski definition) is 5. The molecule has 0 spiro atoms. The van der Waals surface area contributed by atoms with Gasteiger partial charge in [0.15, 0.2) is 5.78 Å². The van der Waals surface area contributed by atoms with E-state index in [-0.39, 0.29) is 6.42 Å². The van der Waals surface area contributed by atoms with Crippen LogP contribution in [0.3, 0.4) is 0 Å². The zero-order valence-electron chi connectivity index (χ0n) is 7.87. The van der Waals surface area contributed by atoms with Gasteiger partial charge in [-0.2, -0.15) is 0 Å². The first-order chi connectivity index (χ1) is 6.45. The van der Waals surface area contributed by atoms with Crippen LogP contribution >= 0.6 is 0 Å². The lowest BCUT2D eigenvalue weighted by molar-refractivity contribution is -0.146. The molecule has 0 aliphatic carbocycles. The van der Waals surface area contributed by atoms with Crippen LogP contribution in [0.15, 0.2) is 0 Å². The second-order valence-electron chi connectivity index (χ2n) is 3.00. The Morgan fingerprint density at radius 1 is 1.14 bits per heavy atom. The van der Waals surface area contributed by atoms with E-state index in [1.807, 2.05) is 0 Å². The average molecular weight is 208 g/mol. The van der Waals surface area contributed by atoms with Crippen LogP contribution in [0, 0.1) is 0 Å². The van der Waals surface area contributed by atoms with E-state index in [4.69, 9.17) is 20.4 Å². The highest BCUT2D eigenvalue weighted by atomic mass is 16.4. The summed E-state index contributed by atoms with van der Waals surface area (Å²) >= 11 is 0. The SMILES string of the molecule is CCC(=O)[C@H](O)[C@H](O)[C@@H](O)[C@H](O)CO. The Balaban J connectivity index is 4.30. The monoisotopic (exact) mass is 208 g/mol. The minimum atomic E-state index is -1.79. The summed E-state index contributed by atoms with van der Waals surface area (Å²) < 4.78 is 0. The smallest absolute Gasteiger partial charge is 0.163 e. The van der Waals surface area contributed by atoms with Gasteiger partial charge in [0.1, 0.15) is 24.4 Å². The van der Waals surface area contributed by atoms with Crippen molar-refractivity contribution in [3.8, 4) is 0 Å². The maximum Gasteiger partial charge on any atom is 0.163 e. The average Bonchev–Trinajstić information content (AvgIpc) is 2.23. The number of carbonyl (C=O) groups is 1. The molecular weight excluding hydrogens is 192 g/mol. The fraction of sp³-hybridized carbons (Fsp3) is 0.875. The van der Waals surface area contributed by atoms with Crippen LogP contribution in [0.2, 0.25) is 0 Å². The lowest BCUT2D eigenvalue weighted by Crippen LogP contribution is -2.48. The van der Waals surface area contributed by atoms with Gasteiger partial charge in [-0.25, -0.2) is 0 Å². The molecule has 0 aromatic heterocycles. The van der Waals surface area contributed by atoms with E-state index >= 15 is 0 Å². The lowest BCUT2D eigenvalue weighted by Gasteiger charge is -2.24. The van der Waals surface area contributed by atoms with Crippen molar-refractivity contribution in [1.82, 2.24) is 0 Å². The van der Waals surface area contributed by atoms with Crippen LogP contribution in [0.1, 0.15) is 13.3 Å².